The van der Waals surface area contributed by atoms with Gasteiger partial charge in [-0.05, 0) is 28.0 Å². The largest absolute Gasteiger partial charge is 0.294 e. The lowest BCUT2D eigenvalue weighted by atomic mass is 10.0. The van der Waals surface area contributed by atoms with Crippen molar-refractivity contribution < 1.29 is 9.72 Å². The van der Waals surface area contributed by atoms with Crippen LogP contribution in [0.4, 0.5) is 5.69 Å². The Balaban J connectivity index is 1.72. The quantitative estimate of drug-likeness (QED) is 0.393. The summed E-state index contributed by atoms with van der Waals surface area (Å²) in [4.78, 5) is 22.4. The number of carbonyl (C=O) groups excluding carboxylic acids is 1. The number of non-ortho nitro benzene ring substituents is 1. The van der Waals surface area contributed by atoms with Crippen molar-refractivity contribution in [2.24, 2.45) is 0 Å². The molecule has 0 aliphatic rings. The van der Waals surface area contributed by atoms with E-state index in [1.165, 1.54) is 18.2 Å². The molecule has 0 aliphatic heterocycles. The lowest BCUT2D eigenvalue weighted by Crippen LogP contribution is -1.98. The van der Waals surface area contributed by atoms with E-state index in [0.29, 0.717) is 12.0 Å². The lowest BCUT2D eigenvalue weighted by Gasteiger charge is -2.01. The Morgan fingerprint density at radius 3 is 2.54 bits per heavy atom. The number of benzene rings is 3. The zero-order chi connectivity index (χ0) is 16.9. The first-order valence-electron chi connectivity index (χ1n) is 7.55. The minimum absolute atomic E-state index is 0.0131. The summed E-state index contributed by atoms with van der Waals surface area (Å²) in [5.74, 6) is -0.0446. The fraction of sp³-hybridized carbons (Fsp3) is 0.0500. The van der Waals surface area contributed by atoms with E-state index in [2.05, 4.69) is 0 Å². The monoisotopic (exact) mass is 317 g/mol. The van der Waals surface area contributed by atoms with Crippen molar-refractivity contribution in [1.82, 2.24) is 0 Å². The summed E-state index contributed by atoms with van der Waals surface area (Å²) < 4.78 is 0. The molecule has 3 aromatic rings. The molecule has 4 nitrogen and oxygen atoms in total. The third-order valence-corrected chi connectivity index (χ3v) is 3.73. The highest BCUT2D eigenvalue weighted by Crippen LogP contribution is 2.17. The first kappa shape index (κ1) is 15.6. The molecule has 0 heterocycles. The molecule has 3 aromatic carbocycles. The smallest absolute Gasteiger partial charge is 0.270 e. The summed E-state index contributed by atoms with van der Waals surface area (Å²) >= 11 is 0. The Bertz CT molecular complexity index is 944. The standard InChI is InChI=1S/C20H15NO3/c22-20(11-9-15-4-3-7-19(13-15)21(23)24)14-16-8-10-17-5-1-2-6-18(17)12-16/h1-13H,14H2/b11-9+. The normalized spacial score (nSPS) is 11.0. The topological polar surface area (TPSA) is 60.2 Å². The number of rotatable bonds is 5. The van der Waals surface area contributed by atoms with Gasteiger partial charge in [0.2, 0.25) is 0 Å². The number of nitro benzene ring substituents is 1. The van der Waals surface area contributed by atoms with Crippen molar-refractivity contribution in [3.05, 3.63) is 94.0 Å². The molecular formula is C20H15NO3. The maximum absolute atomic E-state index is 12.1. The Labute approximate surface area is 139 Å². The number of carbonyl (C=O) groups is 1. The van der Waals surface area contributed by atoms with Gasteiger partial charge >= 0.3 is 0 Å². The average Bonchev–Trinajstić information content (AvgIpc) is 2.60. The maximum Gasteiger partial charge on any atom is 0.270 e. The van der Waals surface area contributed by atoms with Crippen molar-refractivity contribution in [2.75, 3.05) is 0 Å². The number of hydrogen-bond acceptors (Lipinski definition) is 3. The molecule has 0 radical (unpaired) electrons. The highest BCUT2D eigenvalue weighted by Gasteiger charge is 2.05. The van der Waals surface area contributed by atoms with Crippen molar-refractivity contribution in [1.29, 1.82) is 0 Å². The van der Waals surface area contributed by atoms with Crippen molar-refractivity contribution in [3.63, 3.8) is 0 Å². The predicted molar refractivity (Wildman–Crippen MR) is 94.8 cm³/mol. The van der Waals surface area contributed by atoms with Crippen LogP contribution in [0.1, 0.15) is 11.1 Å². The molecule has 4 heteroatoms. The molecule has 0 aromatic heterocycles. The third-order valence-electron chi connectivity index (χ3n) is 3.73. The molecule has 118 valence electrons. The van der Waals surface area contributed by atoms with Crippen molar-refractivity contribution in [3.8, 4) is 0 Å². The number of fused-ring (bicyclic) bond motifs is 1. The fourth-order valence-electron chi connectivity index (χ4n) is 2.54. The van der Waals surface area contributed by atoms with Crippen LogP contribution in [0.2, 0.25) is 0 Å². The van der Waals surface area contributed by atoms with E-state index in [-0.39, 0.29) is 11.5 Å². The summed E-state index contributed by atoms with van der Waals surface area (Å²) in [6.45, 7) is 0. The fourth-order valence-corrected chi connectivity index (χ4v) is 2.54. The van der Waals surface area contributed by atoms with Crippen LogP contribution in [-0.4, -0.2) is 10.7 Å². The molecule has 3 rings (SSSR count). The molecule has 0 saturated heterocycles. The Morgan fingerprint density at radius 1 is 0.958 bits per heavy atom. The molecule has 0 atom stereocenters. The van der Waals surface area contributed by atoms with Gasteiger partial charge in [-0.1, -0.05) is 60.7 Å². The van der Waals surface area contributed by atoms with Crippen LogP contribution >= 0.6 is 0 Å². The van der Waals surface area contributed by atoms with E-state index in [9.17, 15) is 14.9 Å². The number of allylic oxidation sites excluding steroid dienone is 1. The summed E-state index contributed by atoms with van der Waals surface area (Å²) in [7, 11) is 0. The second-order valence-corrected chi connectivity index (χ2v) is 5.51. The van der Waals surface area contributed by atoms with Crippen molar-refractivity contribution >= 4 is 28.3 Å². The summed E-state index contributed by atoms with van der Waals surface area (Å²) in [5, 5.41) is 13.0. The van der Waals surface area contributed by atoms with Crippen LogP contribution in [0.5, 0.6) is 0 Å². The van der Waals surface area contributed by atoms with Crippen LogP contribution in [0.15, 0.2) is 72.8 Å². The van der Waals surface area contributed by atoms with Crippen molar-refractivity contribution in [2.45, 2.75) is 6.42 Å². The van der Waals surface area contributed by atoms with E-state index >= 15 is 0 Å². The van der Waals surface area contributed by atoms with Gasteiger partial charge in [0.05, 0.1) is 4.92 Å². The first-order valence-corrected chi connectivity index (χ1v) is 7.55. The zero-order valence-electron chi connectivity index (χ0n) is 12.9. The Kier molecular flexibility index (Phi) is 4.47. The molecule has 0 unspecified atom stereocenters. The second kappa shape index (κ2) is 6.87. The highest BCUT2D eigenvalue weighted by atomic mass is 16.6. The van der Waals surface area contributed by atoms with Gasteiger partial charge in [-0.15, -0.1) is 0 Å². The van der Waals surface area contributed by atoms with E-state index in [1.54, 1.807) is 18.2 Å². The van der Waals surface area contributed by atoms with Gasteiger partial charge in [-0.25, -0.2) is 0 Å². The molecule has 0 fully saturated rings. The summed E-state index contributed by atoms with van der Waals surface area (Å²) in [5.41, 5.74) is 1.59. The molecule has 0 saturated carbocycles. The average molecular weight is 317 g/mol. The van der Waals surface area contributed by atoms with Gasteiger partial charge in [0.1, 0.15) is 0 Å². The van der Waals surface area contributed by atoms with E-state index in [0.717, 1.165) is 16.3 Å². The molecule has 0 N–H and O–H groups in total. The molecule has 0 amide bonds. The minimum Gasteiger partial charge on any atom is -0.294 e. The molecule has 0 bridgehead atoms. The first-order chi connectivity index (χ1) is 11.6. The zero-order valence-corrected chi connectivity index (χ0v) is 12.9. The summed E-state index contributed by atoms with van der Waals surface area (Å²) in [6, 6.07) is 20.2. The van der Waals surface area contributed by atoms with Crippen LogP contribution in [0.25, 0.3) is 16.8 Å². The van der Waals surface area contributed by atoms with Gasteiger partial charge in [0.25, 0.3) is 5.69 Å². The summed E-state index contributed by atoms with van der Waals surface area (Å²) in [6.07, 6.45) is 3.38. The molecule has 0 spiro atoms. The predicted octanol–water partition coefficient (Wildman–Crippen LogP) is 4.57. The number of nitro groups is 1. The van der Waals surface area contributed by atoms with Crippen LogP contribution in [-0.2, 0) is 11.2 Å². The van der Waals surface area contributed by atoms with E-state index in [1.807, 2.05) is 42.5 Å². The number of hydrogen-bond donors (Lipinski definition) is 0. The van der Waals surface area contributed by atoms with Gasteiger partial charge in [0, 0.05) is 18.6 Å². The third kappa shape index (κ3) is 3.73. The van der Waals surface area contributed by atoms with Gasteiger partial charge in [-0.2, -0.15) is 0 Å². The van der Waals surface area contributed by atoms with Crippen LogP contribution in [0, 0.1) is 10.1 Å². The Hall–Kier alpha value is -3.27. The SMILES string of the molecule is O=C(/C=C/c1cccc([N+](=O)[O-])c1)Cc1ccc2ccccc2c1. The highest BCUT2D eigenvalue weighted by molar-refractivity contribution is 5.95. The van der Waals surface area contributed by atoms with Gasteiger partial charge < -0.3 is 0 Å². The van der Waals surface area contributed by atoms with Gasteiger partial charge in [0.15, 0.2) is 5.78 Å². The number of nitrogens with zero attached hydrogens (tertiary/aromatic N) is 1. The van der Waals surface area contributed by atoms with Crippen LogP contribution in [0.3, 0.4) is 0 Å². The minimum atomic E-state index is -0.450. The maximum atomic E-state index is 12.1. The molecule has 0 aliphatic carbocycles. The lowest BCUT2D eigenvalue weighted by molar-refractivity contribution is -0.384. The van der Waals surface area contributed by atoms with Gasteiger partial charge in [-0.3, -0.25) is 14.9 Å². The van der Waals surface area contributed by atoms with E-state index in [4.69, 9.17) is 0 Å². The second-order valence-electron chi connectivity index (χ2n) is 5.51. The molecule has 24 heavy (non-hydrogen) atoms. The van der Waals surface area contributed by atoms with E-state index < -0.39 is 4.92 Å². The van der Waals surface area contributed by atoms with Crippen LogP contribution < -0.4 is 0 Å². The Morgan fingerprint density at radius 2 is 1.75 bits per heavy atom. The number of ketones is 1. The molecular weight excluding hydrogens is 302 g/mol.